The lowest BCUT2D eigenvalue weighted by atomic mass is 10.1. The average molecular weight is 566 g/mol. The summed E-state index contributed by atoms with van der Waals surface area (Å²) in [5, 5.41) is 8.27. The molecule has 0 radical (unpaired) electrons. The van der Waals surface area contributed by atoms with E-state index in [4.69, 9.17) is 44.9 Å². The van der Waals surface area contributed by atoms with E-state index in [2.05, 4.69) is 31.6 Å². The molecule has 0 saturated heterocycles. The minimum Gasteiger partial charge on any atom is -0.493 e. The molecule has 4 aromatic rings. The number of benzene rings is 3. The van der Waals surface area contributed by atoms with Gasteiger partial charge in [0.25, 0.3) is 0 Å². The largest absolute Gasteiger partial charge is 0.493 e. The van der Waals surface area contributed by atoms with E-state index in [-0.39, 0.29) is 6.61 Å². The van der Waals surface area contributed by atoms with Gasteiger partial charge >= 0.3 is 0 Å². The first-order valence-electron chi connectivity index (χ1n) is 9.87. The Morgan fingerprint density at radius 1 is 1.03 bits per heavy atom. The highest BCUT2D eigenvalue weighted by Gasteiger charge is 2.17. The lowest BCUT2D eigenvalue weighted by molar-refractivity contribution is 0.281. The van der Waals surface area contributed by atoms with Crippen molar-refractivity contribution in [2.45, 2.75) is 13.2 Å². The van der Waals surface area contributed by atoms with Crippen LogP contribution in [-0.2, 0) is 13.2 Å². The summed E-state index contributed by atoms with van der Waals surface area (Å²) in [7, 11) is 1.59. The van der Waals surface area contributed by atoms with Gasteiger partial charge in [-0.05, 0) is 36.5 Å². The van der Waals surface area contributed by atoms with Gasteiger partial charge in [0.1, 0.15) is 6.61 Å². The molecule has 0 aliphatic rings. The van der Waals surface area contributed by atoms with Crippen LogP contribution >= 0.6 is 51.3 Å². The molecule has 0 bridgehead atoms. The molecule has 170 valence electrons. The molecule has 0 aliphatic heterocycles. The summed E-state index contributed by atoms with van der Waals surface area (Å²) in [5.41, 5.74) is 5.79. The smallest absolute Gasteiger partial charge is 0.214 e. The molecule has 1 heterocycles. The number of methoxy groups -OCH3 is 1. The standard InChI is InChI=1S/C23H19BrCl2N4O2S/c1-31-20-11-10-17(24)15(21(20)32-13-16-18(25)8-5-9-19(16)26)12-27-30-22(28-29-23(30)33)14-6-3-2-4-7-14/h2-11,27H,12-13H2,1H3,(H,29,33). The number of aromatic nitrogens is 3. The highest BCUT2D eigenvalue weighted by Crippen LogP contribution is 2.38. The van der Waals surface area contributed by atoms with Crippen LogP contribution in [0.5, 0.6) is 11.5 Å². The minimum atomic E-state index is 0.179. The first-order valence-corrected chi connectivity index (χ1v) is 11.8. The van der Waals surface area contributed by atoms with Crippen LogP contribution in [0.4, 0.5) is 0 Å². The van der Waals surface area contributed by atoms with Crippen LogP contribution in [-0.4, -0.2) is 22.0 Å². The highest BCUT2D eigenvalue weighted by atomic mass is 79.9. The number of ether oxygens (including phenoxy) is 2. The third-order valence-corrected chi connectivity index (χ3v) is 6.65. The summed E-state index contributed by atoms with van der Waals surface area (Å²) in [4.78, 5) is 0. The molecular weight excluding hydrogens is 547 g/mol. The van der Waals surface area contributed by atoms with Gasteiger partial charge in [-0.1, -0.05) is 75.5 Å². The molecule has 2 N–H and O–H groups in total. The van der Waals surface area contributed by atoms with Gasteiger partial charge in [-0.25, -0.2) is 9.77 Å². The maximum Gasteiger partial charge on any atom is 0.214 e. The van der Waals surface area contributed by atoms with Crippen molar-refractivity contribution in [2.75, 3.05) is 12.5 Å². The molecule has 4 rings (SSSR count). The van der Waals surface area contributed by atoms with Crippen molar-refractivity contribution in [3.63, 3.8) is 0 Å². The normalized spacial score (nSPS) is 10.8. The zero-order chi connectivity index (χ0) is 23.4. The van der Waals surface area contributed by atoms with Crippen molar-refractivity contribution in [1.29, 1.82) is 0 Å². The second-order valence-electron chi connectivity index (χ2n) is 6.93. The van der Waals surface area contributed by atoms with Gasteiger partial charge in [0.15, 0.2) is 17.3 Å². The molecule has 1 aromatic heterocycles. The number of H-pyrrole nitrogens is 1. The second kappa shape index (κ2) is 10.6. The van der Waals surface area contributed by atoms with Crippen LogP contribution in [0.2, 0.25) is 10.0 Å². The molecule has 0 fully saturated rings. The lowest BCUT2D eigenvalue weighted by Gasteiger charge is -2.19. The third-order valence-electron chi connectivity index (χ3n) is 4.93. The molecule has 10 heteroatoms. The van der Waals surface area contributed by atoms with Gasteiger partial charge in [-0.2, -0.15) is 5.10 Å². The molecule has 0 amide bonds. The van der Waals surface area contributed by atoms with E-state index in [1.807, 2.05) is 42.5 Å². The van der Waals surface area contributed by atoms with Crippen molar-refractivity contribution < 1.29 is 9.47 Å². The number of hydrogen-bond acceptors (Lipinski definition) is 5. The Bertz CT molecular complexity index is 1310. The fourth-order valence-corrected chi connectivity index (χ4v) is 4.42. The van der Waals surface area contributed by atoms with Gasteiger partial charge in [0.05, 0.1) is 13.7 Å². The number of rotatable bonds is 8. The Kier molecular flexibility index (Phi) is 7.60. The predicted molar refractivity (Wildman–Crippen MR) is 137 cm³/mol. The average Bonchev–Trinajstić information content (AvgIpc) is 3.19. The Labute approximate surface area is 214 Å². The van der Waals surface area contributed by atoms with E-state index in [9.17, 15) is 0 Å². The molecule has 33 heavy (non-hydrogen) atoms. The fourth-order valence-electron chi connectivity index (χ4n) is 3.26. The molecule has 0 saturated carbocycles. The summed E-state index contributed by atoms with van der Waals surface area (Å²) in [6, 6.07) is 18.8. The maximum absolute atomic E-state index is 6.32. The summed E-state index contributed by atoms with van der Waals surface area (Å²) >= 11 is 21.7. The van der Waals surface area contributed by atoms with Crippen LogP contribution in [0.3, 0.4) is 0 Å². The summed E-state index contributed by atoms with van der Waals surface area (Å²) in [6.45, 7) is 0.551. The SMILES string of the molecule is COc1ccc(Br)c(CNn2c(-c3ccccc3)n[nH]c2=S)c1OCc1c(Cl)cccc1Cl. The van der Waals surface area contributed by atoms with Crippen LogP contribution < -0.4 is 14.9 Å². The Hall–Kier alpha value is -2.52. The van der Waals surface area contributed by atoms with E-state index >= 15 is 0 Å². The van der Waals surface area contributed by atoms with E-state index in [1.54, 1.807) is 30.0 Å². The molecule has 6 nitrogen and oxygen atoms in total. The van der Waals surface area contributed by atoms with Gasteiger partial charge in [-0.3, -0.25) is 0 Å². The van der Waals surface area contributed by atoms with E-state index in [0.29, 0.717) is 44.2 Å². The quantitative estimate of drug-likeness (QED) is 0.225. The monoisotopic (exact) mass is 564 g/mol. The first-order chi connectivity index (χ1) is 16.0. The van der Waals surface area contributed by atoms with E-state index in [1.165, 1.54) is 0 Å². The molecule has 3 aromatic carbocycles. The molecule has 0 spiro atoms. The van der Waals surface area contributed by atoms with Gasteiger partial charge in [-0.15, -0.1) is 0 Å². The van der Waals surface area contributed by atoms with Crippen molar-refractivity contribution in [3.8, 4) is 22.9 Å². The number of hydrogen-bond donors (Lipinski definition) is 2. The lowest BCUT2D eigenvalue weighted by Crippen LogP contribution is -2.17. The fraction of sp³-hybridized carbons (Fsp3) is 0.130. The highest BCUT2D eigenvalue weighted by molar-refractivity contribution is 9.10. The minimum absolute atomic E-state index is 0.179. The van der Waals surface area contributed by atoms with Gasteiger partial charge < -0.3 is 14.9 Å². The Balaban J connectivity index is 1.64. The zero-order valence-corrected chi connectivity index (χ0v) is 21.4. The summed E-state index contributed by atoms with van der Waals surface area (Å²) < 4.78 is 14.7. The molecular formula is C23H19BrCl2N4O2S. The summed E-state index contributed by atoms with van der Waals surface area (Å²) in [5.74, 6) is 1.81. The first kappa shape index (κ1) is 23.6. The topological polar surface area (TPSA) is 64.1 Å². The maximum atomic E-state index is 6.32. The molecule has 0 aliphatic carbocycles. The number of halogens is 3. The van der Waals surface area contributed by atoms with Crippen LogP contribution in [0, 0.1) is 4.77 Å². The summed E-state index contributed by atoms with van der Waals surface area (Å²) in [6.07, 6.45) is 0. The van der Waals surface area contributed by atoms with Gasteiger partial charge in [0.2, 0.25) is 4.77 Å². The van der Waals surface area contributed by atoms with Crippen molar-refractivity contribution >= 4 is 51.3 Å². The number of nitrogens with zero attached hydrogens (tertiary/aromatic N) is 2. The van der Waals surface area contributed by atoms with Crippen LogP contribution in [0.1, 0.15) is 11.1 Å². The predicted octanol–water partition coefficient (Wildman–Crippen LogP) is 7.01. The van der Waals surface area contributed by atoms with E-state index < -0.39 is 0 Å². The van der Waals surface area contributed by atoms with Gasteiger partial charge in [0, 0.05) is 31.2 Å². The Morgan fingerprint density at radius 3 is 2.45 bits per heavy atom. The zero-order valence-electron chi connectivity index (χ0n) is 17.4. The van der Waals surface area contributed by atoms with Crippen molar-refractivity contribution in [2.24, 2.45) is 0 Å². The van der Waals surface area contributed by atoms with Crippen LogP contribution in [0.25, 0.3) is 11.4 Å². The number of nitrogens with one attached hydrogen (secondary N) is 2. The third kappa shape index (κ3) is 5.19. The second-order valence-corrected chi connectivity index (χ2v) is 8.99. The number of aromatic amines is 1. The van der Waals surface area contributed by atoms with Crippen LogP contribution in [0.15, 0.2) is 65.1 Å². The van der Waals surface area contributed by atoms with Crippen molar-refractivity contribution in [1.82, 2.24) is 14.9 Å². The Morgan fingerprint density at radius 2 is 1.76 bits per heavy atom. The van der Waals surface area contributed by atoms with E-state index in [0.717, 1.165) is 15.6 Å². The molecule has 0 atom stereocenters. The molecule has 0 unspecified atom stereocenters. The van der Waals surface area contributed by atoms with Crippen molar-refractivity contribution in [3.05, 3.63) is 91.1 Å².